The van der Waals surface area contributed by atoms with Crippen LogP contribution in [0.4, 0.5) is 20.6 Å². The van der Waals surface area contributed by atoms with Gasteiger partial charge in [0.2, 0.25) is 0 Å². The van der Waals surface area contributed by atoms with Crippen LogP contribution in [0.1, 0.15) is 26.3 Å². The van der Waals surface area contributed by atoms with Gasteiger partial charge < -0.3 is 4.74 Å². The average Bonchev–Trinajstić information content (AvgIpc) is 2.19. The van der Waals surface area contributed by atoms with E-state index in [-0.39, 0.29) is 16.9 Å². The quantitative estimate of drug-likeness (QED) is 0.659. The normalized spacial score (nSPS) is 11.0. The molecular weight excluding hydrogens is 255 g/mol. The molecule has 19 heavy (non-hydrogen) atoms. The van der Waals surface area contributed by atoms with Crippen molar-refractivity contribution in [1.82, 2.24) is 0 Å². The Hall–Kier alpha value is -2.18. The Morgan fingerprint density at radius 2 is 2.00 bits per heavy atom. The number of nitro benzene ring substituents is 1. The molecule has 0 atom stereocenters. The van der Waals surface area contributed by atoms with E-state index >= 15 is 0 Å². The number of carbonyl (C=O) groups is 1. The number of hydrogen-bond donors (Lipinski definition) is 1. The maximum Gasteiger partial charge on any atom is 0.412 e. The highest BCUT2D eigenvalue weighted by Gasteiger charge is 2.20. The molecule has 0 heterocycles. The first-order valence-electron chi connectivity index (χ1n) is 5.54. The molecule has 0 spiro atoms. The number of nitrogens with zero attached hydrogens (tertiary/aromatic N) is 1. The van der Waals surface area contributed by atoms with Crippen LogP contribution in [0, 0.1) is 22.9 Å². The minimum atomic E-state index is -0.886. The van der Waals surface area contributed by atoms with Crippen LogP contribution in [0.5, 0.6) is 0 Å². The summed E-state index contributed by atoms with van der Waals surface area (Å²) in [5.41, 5.74) is -0.960. The minimum Gasteiger partial charge on any atom is -0.444 e. The van der Waals surface area contributed by atoms with Crippen molar-refractivity contribution in [2.75, 3.05) is 5.32 Å². The Bertz CT molecular complexity index is 523. The smallest absolute Gasteiger partial charge is 0.412 e. The first-order chi connectivity index (χ1) is 8.60. The zero-order valence-corrected chi connectivity index (χ0v) is 11.1. The summed E-state index contributed by atoms with van der Waals surface area (Å²) in [5, 5.41) is 12.8. The van der Waals surface area contributed by atoms with Crippen LogP contribution in [-0.4, -0.2) is 16.6 Å². The van der Waals surface area contributed by atoms with E-state index in [1.165, 1.54) is 13.0 Å². The molecule has 0 aliphatic rings. The number of carbonyl (C=O) groups excluding carboxylic acids is 1. The van der Waals surface area contributed by atoms with Gasteiger partial charge in [-0.1, -0.05) is 0 Å². The average molecular weight is 270 g/mol. The second-order valence-electron chi connectivity index (χ2n) is 5.00. The van der Waals surface area contributed by atoms with Crippen molar-refractivity contribution in [3.8, 4) is 0 Å². The van der Waals surface area contributed by atoms with E-state index in [9.17, 15) is 19.3 Å². The van der Waals surface area contributed by atoms with Crippen molar-refractivity contribution in [2.45, 2.75) is 33.3 Å². The molecule has 1 aromatic rings. The molecule has 0 unspecified atom stereocenters. The van der Waals surface area contributed by atoms with Gasteiger partial charge in [0.05, 0.1) is 16.7 Å². The van der Waals surface area contributed by atoms with Gasteiger partial charge in [0.15, 0.2) is 5.82 Å². The summed E-state index contributed by atoms with van der Waals surface area (Å²) in [7, 11) is 0. The lowest BCUT2D eigenvalue weighted by Crippen LogP contribution is -2.27. The largest absolute Gasteiger partial charge is 0.444 e. The van der Waals surface area contributed by atoms with Gasteiger partial charge in [-0.15, -0.1) is 0 Å². The SMILES string of the molecule is Cc1cc(NC(=O)OC(C)(C)C)c(F)cc1[N+](=O)[O-]. The number of benzene rings is 1. The summed E-state index contributed by atoms with van der Waals surface area (Å²) >= 11 is 0. The molecular formula is C12H15FN2O4. The lowest BCUT2D eigenvalue weighted by molar-refractivity contribution is -0.385. The van der Waals surface area contributed by atoms with Gasteiger partial charge in [0.1, 0.15) is 5.60 Å². The lowest BCUT2D eigenvalue weighted by Gasteiger charge is -2.19. The molecule has 1 N–H and O–H groups in total. The molecule has 0 bridgehead atoms. The molecule has 0 aliphatic heterocycles. The van der Waals surface area contributed by atoms with Gasteiger partial charge in [0, 0.05) is 5.56 Å². The standard InChI is InChI=1S/C12H15FN2O4/c1-7-5-9(8(13)6-10(7)15(17)18)14-11(16)19-12(2,3)4/h5-6H,1-4H3,(H,14,16). The number of rotatable bonds is 2. The fourth-order valence-corrected chi connectivity index (χ4v) is 1.38. The Kier molecular flexibility index (Phi) is 4.08. The van der Waals surface area contributed by atoms with E-state index in [1.807, 2.05) is 0 Å². The number of halogens is 1. The van der Waals surface area contributed by atoms with Crippen molar-refractivity contribution in [2.24, 2.45) is 0 Å². The van der Waals surface area contributed by atoms with Gasteiger partial charge in [-0.05, 0) is 33.8 Å². The molecule has 6 nitrogen and oxygen atoms in total. The molecule has 104 valence electrons. The molecule has 1 amide bonds. The molecule has 1 aromatic carbocycles. The predicted octanol–water partition coefficient (Wildman–Crippen LogP) is 3.39. The summed E-state index contributed by atoms with van der Waals surface area (Å²) in [6.07, 6.45) is -0.820. The Morgan fingerprint density at radius 1 is 1.42 bits per heavy atom. The number of ether oxygens (including phenoxy) is 1. The summed E-state index contributed by atoms with van der Waals surface area (Å²) in [6.45, 7) is 6.47. The third-order valence-electron chi connectivity index (χ3n) is 2.12. The molecule has 0 saturated carbocycles. The fourth-order valence-electron chi connectivity index (χ4n) is 1.38. The first-order valence-corrected chi connectivity index (χ1v) is 5.54. The fraction of sp³-hybridized carbons (Fsp3) is 0.417. The van der Waals surface area contributed by atoms with E-state index in [4.69, 9.17) is 4.74 Å². The Morgan fingerprint density at radius 3 is 2.47 bits per heavy atom. The number of hydrogen-bond acceptors (Lipinski definition) is 4. The highest BCUT2D eigenvalue weighted by molar-refractivity contribution is 5.85. The van der Waals surface area contributed by atoms with E-state index < -0.39 is 22.4 Å². The van der Waals surface area contributed by atoms with E-state index in [1.54, 1.807) is 20.8 Å². The lowest BCUT2D eigenvalue weighted by atomic mass is 10.1. The molecule has 0 saturated heterocycles. The van der Waals surface area contributed by atoms with Crippen molar-refractivity contribution in [1.29, 1.82) is 0 Å². The molecule has 0 radical (unpaired) electrons. The van der Waals surface area contributed by atoms with E-state index in [0.717, 1.165) is 6.07 Å². The van der Waals surface area contributed by atoms with E-state index in [2.05, 4.69) is 5.32 Å². The Balaban J connectivity index is 2.95. The van der Waals surface area contributed by atoms with Crippen LogP contribution in [0.15, 0.2) is 12.1 Å². The zero-order chi connectivity index (χ0) is 14.8. The molecule has 1 rings (SSSR count). The summed E-state index contributed by atoms with van der Waals surface area (Å²) in [6, 6.07) is 1.96. The van der Waals surface area contributed by atoms with Crippen LogP contribution < -0.4 is 5.32 Å². The topological polar surface area (TPSA) is 81.5 Å². The van der Waals surface area contributed by atoms with Gasteiger partial charge >= 0.3 is 6.09 Å². The third-order valence-corrected chi connectivity index (χ3v) is 2.12. The molecule has 7 heteroatoms. The third kappa shape index (κ3) is 4.20. The van der Waals surface area contributed by atoms with Crippen molar-refractivity contribution < 1.29 is 18.8 Å². The maximum atomic E-state index is 13.6. The van der Waals surface area contributed by atoms with E-state index in [0.29, 0.717) is 0 Å². The van der Waals surface area contributed by atoms with Gasteiger partial charge in [-0.25, -0.2) is 9.18 Å². The highest BCUT2D eigenvalue weighted by atomic mass is 19.1. The summed E-state index contributed by atoms with van der Waals surface area (Å²) in [4.78, 5) is 21.4. The maximum absolute atomic E-state index is 13.6. The second-order valence-corrected chi connectivity index (χ2v) is 5.00. The van der Waals surface area contributed by atoms with Crippen LogP contribution in [-0.2, 0) is 4.74 Å². The van der Waals surface area contributed by atoms with Crippen LogP contribution in [0.2, 0.25) is 0 Å². The predicted molar refractivity (Wildman–Crippen MR) is 67.6 cm³/mol. The van der Waals surface area contributed by atoms with Crippen LogP contribution in [0.25, 0.3) is 0 Å². The summed E-state index contributed by atoms with van der Waals surface area (Å²) in [5.74, 6) is -0.886. The zero-order valence-electron chi connectivity index (χ0n) is 11.1. The summed E-state index contributed by atoms with van der Waals surface area (Å²) < 4.78 is 18.6. The van der Waals surface area contributed by atoms with Gasteiger partial charge in [-0.3, -0.25) is 15.4 Å². The number of aryl methyl sites for hydroxylation is 1. The second kappa shape index (κ2) is 5.21. The molecule has 0 aliphatic carbocycles. The van der Waals surface area contributed by atoms with Crippen molar-refractivity contribution in [3.05, 3.63) is 33.6 Å². The number of nitrogens with one attached hydrogen (secondary N) is 1. The Labute approximate surface area is 109 Å². The molecule has 0 fully saturated rings. The number of amides is 1. The molecule has 0 aromatic heterocycles. The van der Waals surface area contributed by atoms with Crippen molar-refractivity contribution >= 4 is 17.5 Å². The van der Waals surface area contributed by atoms with Crippen molar-refractivity contribution in [3.63, 3.8) is 0 Å². The van der Waals surface area contributed by atoms with Gasteiger partial charge in [0.25, 0.3) is 5.69 Å². The van der Waals surface area contributed by atoms with Crippen LogP contribution in [0.3, 0.4) is 0 Å². The van der Waals surface area contributed by atoms with Crippen LogP contribution >= 0.6 is 0 Å². The highest BCUT2D eigenvalue weighted by Crippen LogP contribution is 2.25. The minimum absolute atomic E-state index is 0.155. The first kappa shape index (κ1) is 14.9. The number of nitro groups is 1. The van der Waals surface area contributed by atoms with Gasteiger partial charge in [-0.2, -0.15) is 0 Å². The number of anilines is 1. The monoisotopic (exact) mass is 270 g/mol.